The second-order valence-corrected chi connectivity index (χ2v) is 7.89. The van der Waals surface area contributed by atoms with Crippen molar-refractivity contribution in [2.45, 2.75) is 26.2 Å². The number of benzene rings is 2. The normalized spacial score (nSPS) is 10.9. The van der Waals surface area contributed by atoms with Crippen molar-refractivity contribution in [3.05, 3.63) is 65.2 Å². The second-order valence-electron chi connectivity index (χ2n) is 7.48. The number of thiocarbonyl (C=S) groups is 1. The zero-order chi connectivity index (χ0) is 20.2. The fourth-order valence-electron chi connectivity index (χ4n) is 2.47. The molecule has 0 unspecified atom stereocenters. The van der Waals surface area contributed by atoms with Gasteiger partial charge in [0.2, 0.25) is 0 Å². The van der Waals surface area contributed by atoms with Crippen LogP contribution >= 0.6 is 12.2 Å². The van der Waals surface area contributed by atoms with Crippen molar-refractivity contribution in [1.29, 1.82) is 0 Å². The van der Waals surface area contributed by atoms with E-state index in [9.17, 15) is 9.59 Å². The smallest absolute Gasteiger partial charge is 0.257 e. The summed E-state index contributed by atoms with van der Waals surface area (Å²) in [6.07, 6.45) is 0. The molecule has 142 valence electrons. The summed E-state index contributed by atoms with van der Waals surface area (Å²) in [5.41, 5.74) is 2.72. The topological polar surface area (TPSA) is 61.4 Å². The van der Waals surface area contributed by atoms with Crippen LogP contribution in [0.25, 0.3) is 0 Å². The molecule has 27 heavy (non-hydrogen) atoms. The van der Waals surface area contributed by atoms with Gasteiger partial charge in [0.15, 0.2) is 5.11 Å². The Labute approximate surface area is 165 Å². The van der Waals surface area contributed by atoms with Crippen LogP contribution in [0.5, 0.6) is 0 Å². The second kappa shape index (κ2) is 8.31. The van der Waals surface area contributed by atoms with Crippen molar-refractivity contribution < 1.29 is 9.59 Å². The summed E-state index contributed by atoms with van der Waals surface area (Å²) in [6, 6.07) is 14.5. The van der Waals surface area contributed by atoms with Crippen LogP contribution in [0, 0.1) is 0 Å². The summed E-state index contributed by atoms with van der Waals surface area (Å²) >= 11 is 5.24. The standard InChI is InChI=1S/C21H25N3O2S/c1-21(2,3)15-12-10-14(11-13-15)18(25)23-20(27)22-17-9-7-6-8-16(17)19(26)24(4)5/h6-13H,1-5H3,(H2,22,23,25,27). The van der Waals surface area contributed by atoms with Gasteiger partial charge in [-0.2, -0.15) is 0 Å². The van der Waals surface area contributed by atoms with Crippen LogP contribution in [-0.4, -0.2) is 35.9 Å². The van der Waals surface area contributed by atoms with Crippen molar-refractivity contribution in [3.8, 4) is 0 Å². The predicted octanol–water partition coefficient (Wildman–Crippen LogP) is 3.81. The van der Waals surface area contributed by atoms with E-state index in [1.807, 2.05) is 12.1 Å². The number of carbonyl (C=O) groups excluding carboxylic acids is 2. The molecule has 2 aromatic carbocycles. The van der Waals surface area contributed by atoms with E-state index in [4.69, 9.17) is 12.2 Å². The molecule has 2 rings (SSSR count). The molecule has 0 spiro atoms. The molecule has 0 aliphatic rings. The quantitative estimate of drug-likeness (QED) is 0.791. The number of anilines is 1. The van der Waals surface area contributed by atoms with E-state index in [2.05, 4.69) is 31.4 Å². The Hall–Kier alpha value is -2.73. The number of nitrogens with one attached hydrogen (secondary N) is 2. The molecule has 0 heterocycles. The van der Waals surface area contributed by atoms with Crippen molar-refractivity contribution in [2.24, 2.45) is 0 Å². The van der Waals surface area contributed by atoms with Crippen molar-refractivity contribution in [1.82, 2.24) is 10.2 Å². The lowest BCUT2D eigenvalue weighted by Gasteiger charge is -2.19. The van der Waals surface area contributed by atoms with Crippen LogP contribution in [0.15, 0.2) is 48.5 Å². The molecule has 2 aromatic rings. The van der Waals surface area contributed by atoms with Gasteiger partial charge in [0, 0.05) is 19.7 Å². The molecule has 5 nitrogen and oxygen atoms in total. The maximum Gasteiger partial charge on any atom is 0.257 e. The fraction of sp³-hybridized carbons (Fsp3) is 0.286. The van der Waals surface area contributed by atoms with E-state index in [0.717, 1.165) is 5.56 Å². The highest BCUT2D eigenvalue weighted by Gasteiger charge is 2.16. The zero-order valence-corrected chi connectivity index (χ0v) is 17.1. The summed E-state index contributed by atoms with van der Waals surface area (Å²) in [7, 11) is 3.36. The summed E-state index contributed by atoms with van der Waals surface area (Å²) in [5.74, 6) is -0.450. The summed E-state index contributed by atoms with van der Waals surface area (Å²) in [4.78, 5) is 26.2. The molecule has 2 N–H and O–H groups in total. The molecule has 0 aliphatic heterocycles. The monoisotopic (exact) mass is 383 g/mol. The van der Waals surface area contributed by atoms with Crippen LogP contribution in [-0.2, 0) is 5.41 Å². The van der Waals surface area contributed by atoms with Gasteiger partial charge in [0.05, 0.1) is 11.3 Å². The molecule has 2 amide bonds. The number of rotatable bonds is 3. The third-order valence-electron chi connectivity index (χ3n) is 4.05. The first-order chi connectivity index (χ1) is 12.6. The molecule has 0 fully saturated rings. The van der Waals surface area contributed by atoms with Gasteiger partial charge in [0.25, 0.3) is 11.8 Å². The number of para-hydroxylation sites is 1. The molecule has 0 bridgehead atoms. The van der Waals surface area contributed by atoms with Gasteiger partial charge < -0.3 is 10.2 Å². The molecule has 6 heteroatoms. The largest absolute Gasteiger partial charge is 0.345 e. The lowest BCUT2D eigenvalue weighted by atomic mass is 9.87. The third-order valence-corrected chi connectivity index (χ3v) is 4.26. The minimum absolute atomic E-state index is 0.0224. The van der Waals surface area contributed by atoms with E-state index in [1.54, 1.807) is 50.5 Å². The molecule has 0 aromatic heterocycles. The Balaban J connectivity index is 2.08. The van der Waals surface area contributed by atoms with Crippen LogP contribution in [0.4, 0.5) is 5.69 Å². The number of hydrogen-bond donors (Lipinski definition) is 2. The summed E-state index contributed by atoms with van der Waals surface area (Å²) in [5, 5.41) is 5.73. The average Bonchev–Trinajstić information content (AvgIpc) is 2.60. The van der Waals surface area contributed by atoms with Gasteiger partial charge in [-0.3, -0.25) is 14.9 Å². The van der Waals surface area contributed by atoms with Crippen molar-refractivity contribution >= 4 is 34.8 Å². The first-order valence-corrected chi connectivity index (χ1v) is 9.04. The van der Waals surface area contributed by atoms with Crippen LogP contribution in [0.1, 0.15) is 47.1 Å². The Morgan fingerprint density at radius 2 is 1.56 bits per heavy atom. The highest BCUT2D eigenvalue weighted by molar-refractivity contribution is 7.80. The molecular formula is C21H25N3O2S. The average molecular weight is 384 g/mol. The van der Waals surface area contributed by atoms with Gasteiger partial charge in [-0.05, 0) is 47.5 Å². The van der Waals surface area contributed by atoms with Crippen LogP contribution in [0.2, 0.25) is 0 Å². The van der Waals surface area contributed by atoms with Crippen LogP contribution < -0.4 is 10.6 Å². The summed E-state index contributed by atoms with van der Waals surface area (Å²) in [6.45, 7) is 6.36. The molecule has 0 aliphatic carbocycles. The zero-order valence-electron chi connectivity index (χ0n) is 16.3. The first kappa shape index (κ1) is 20.6. The Morgan fingerprint density at radius 1 is 0.963 bits per heavy atom. The molecule has 0 saturated heterocycles. The molecule has 0 saturated carbocycles. The molecule has 0 atom stereocenters. The lowest BCUT2D eigenvalue weighted by Crippen LogP contribution is -2.35. The predicted molar refractivity (Wildman–Crippen MR) is 113 cm³/mol. The third kappa shape index (κ3) is 5.37. The van der Waals surface area contributed by atoms with Gasteiger partial charge >= 0.3 is 0 Å². The number of hydrogen-bond acceptors (Lipinski definition) is 3. The van der Waals surface area contributed by atoms with Gasteiger partial charge in [-0.15, -0.1) is 0 Å². The maximum absolute atomic E-state index is 12.4. The van der Waals surface area contributed by atoms with Gasteiger partial charge in [-0.25, -0.2) is 0 Å². The van der Waals surface area contributed by atoms with Crippen molar-refractivity contribution in [3.63, 3.8) is 0 Å². The number of carbonyl (C=O) groups is 2. The minimum Gasteiger partial charge on any atom is -0.345 e. The Kier molecular flexibility index (Phi) is 6.33. The first-order valence-electron chi connectivity index (χ1n) is 8.63. The van der Waals surface area contributed by atoms with E-state index >= 15 is 0 Å². The Morgan fingerprint density at radius 3 is 2.11 bits per heavy atom. The minimum atomic E-state index is -0.302. The van der Waals surface area contributed by atoms with Crippen LogP contribution in [0.3, 0.4) is 0 Å². The lowest BCUT2D eigenvalue weighted by molar-refractivity contribution is 0.0828. The summed E-state index contributed by atoms with van der Waals surface area (Å²) < 4.78 is 0. The SMILES string of the molecule is CN(C)C(=O)c1ccccc1NC(=S)NC(=O)c1ccc(C(C)(C)C)cc1. The maximum atomic E-state index is 12.4. The number of nitrogens with zero attached hydrogens (tertiary/aromatic N) is 1. The van der Waals surface area contributed by atoms with E-state index in [-0.39, 0.29) is 22.3 Å². The number of amides is 2. The highest BCUT2D eigenvalue weighted by atomic mass is 32.1. The highest BCUT2D eigenvalue weighted by Crippen LogP contribution is 2.22. The van der Waals surface area contributed by atoms with E-state index < -0.39 is 0 Å². The molecule has 0 radical (unpaired) electrons. The van der Waals surface area contributed by atoms with E-state index in [1.165, 1.54) is 4.90 Å². The molecular weight excluding hydrogens is 358 g/mol. The van der Waals surface area contributed by atoms with Gasteiger partial charge in [0.1, 0.15) is 0 Å². The fourth-order valence-corrected chi connectivity index (χ4v) is 2.67. The van der Waals surface area contributed by atoms with E-state index in [0.29, 0.717) is 16.8 Å². The van der Waals surface area contributed by atoms with Gasteiger partial charge in [-0.1, -0.05) is 45.0 Å². The van der Waals surface area contributed by atoms with Crippen molar-refractivity contribution in [2.75, 3.05) is 19.4 Å². The Bertz CT molecular complexity index is 852.